The van der Waals surface area contributed by atoms with E-state index in [4.69, 9.17) is 0 Å². The van der Waals surface area contributed by atoms with Crippen LogP contribution in [0.25, 0.3) is 0 Å². The third-order valence-electron chi connectivity index (χ3n) is 3.66. The summed E-state index contributed by atoms with van der Waals surface area (Å²) >= 11 is 0. The average molecular weight is 246 g/mol. The molecule has 1 aromatic carbocycles. The van der Waals surface area contributed by atoms with E-state index in [1.54, 1.807) is 7.05 Å². The first-order valence-electron chi connectivity index (χ1n) is 6.73. The molecule has 0 aromatic heterocycles. The van der Waals surface area contributed by atoms with Gasteiger partial charge in [-0.3, -0.25) is 4.79 Å². The summed E-state index contributed by atoms with van der Waals surface area (Å²) in [5, 5.41) is 6.20. The van der Waals surface area contributed by atoms with Crippen LogP contribution in [-0.2, 0) is 11.2 Å². The van der Waals surface area contributed by atoms with Crippen LogP contribution in [0.5, 0.6) is 0 Å². The quantitative estimate of drug-likeness (QED) is 0.857. The monoisotopic (exact) mass is 246 g/mol. The van der Waals surface area contributed by atoms with Crippen molar-refractivity contribution in [3.8, 4) is 0 Å². The number of nitrogens with one attached hydrogen (secondary N) is 2. The molecule has 1 saturated carbocycles. The molecule has 3 nitrogen and oxygen atoms in total. The van der Waals surface area contributed by atoms with Crippen molar-refractivity contribution in [3.63, 3.8) is 0 Å². The zero-order valence-corrected chi connectivity index (χ0v) is 11.2. The van der Waals surface area contributed by atoms with Gasteiger partial charge in [0.25, 0.3) is 0 Å². The minimum absolute atomic E-state index is 0.0559. The predicted octanol–water partition coefficient (Wildman–Crippen LogP) is 2.58. The summed E-state index contributed by atoms with van der Waals surface area (Å²) in [6.07, 6.45) is 4.31. The molecular weight excluding hydrogens is 224 g/mol. The van der Waals surface area contributed by atoms with Gasteiger partial charge in [0.1, 0.15) is 0 Å². The van der Waals surface area contributed by atoms with Gasteiger partial charge in [-0.15, -0.1) is 0 Å². The second-order valence-corrected chi connectivity index (χ2v) is 5.31. The van der Waals surface area contributed by atoms with Crippen LogP contribution in [0.1, 0.15) is 31.7 Å². The van der Waals surface area contributed by atoms with Crippen LogP contribution >= 0.6 is 0 Å². The molecule has 0 heterocycles. The molecule has 2 atom stereocenters. The van der Waals surface area contributed by atoms with Crippen molar-refractivity contribution in [1.82, 2.24) is 5.32 Å². The van der Waals surface area contributed by atoms with Crippen LogP contribution < -0.4 is 10.6 Å². The molecule has 2 N–H and O–H groups in total. The first kappa shape index (κ1) is 12.9. The van der Waals surface area contributed by atoms with Gasteiger partial charge in [0.05, 0.1) is 6.42 Å². The maximum atomic E-state index is 11.3. The summed E-state index contributed by atoms with van der Waals surface area (Å²) < 4.78 is 0. The molecule has 0 bridgehead atoms. The maximum Gasteiger partial charge on any atom is 0.224 e. The van der Waals surface area contributed by atoms with Crippen molar-refractivity contribution in [2.45, 2.75) is 38.6 Å². The Bertz CT molecular complexity index is 399. The molecule has 1 aromatic rings. The number of hydrogen-bond acceptors (Lipinski definition) is 2. The highest BCUT2D eigenvalue weighted by atomic mass is 16.1. The van der Waals surface area contributed by atoms with E-state index in [2.05, 4.69) is 29.7 Å². The van der Waals surface area contributed by atoms with E-state index in [1.807, 2.05) is 12.1 Å². The third kappa shape index (κ3) is 3.49. The first-order valence-corrected chi connectivity index (χ1v) is 6.73. The van der Waals surface area contributed by atoms with Crippen molar-refractivity contribution in [2.75, 3.05) is 12.4 Å². The molecule has 1 aliphatic carbocycles. The van der Waals surface area contributed by atoms with Gasteiger partial charge in [-0.2, -0.15) is 0 Å². The van der Waals surface area contributed by atoms with Gasteiger partial charge < -0.3 is 10.6 Å². The standard InChI is InChI=1S/C15H22N2O/c1-11-3-6-14(9-11)17-13-7-4-12(5-8-13)10-15(18)16-2/h4-5,7-8,11,14,17H,3,6,9-10H2,1-2H3,(H,16,18). The highest BCUT2D eigenvalue weighted by Gasteiger charge is 2.20. The highest BCUT2D eigenvalue weighted by molar-refractivity contribution is 5.78. The number of likely N-dealkylation sites (N-methyl/N-ethyl adjacent to an activating group) is 1. The lowest BCUT2D eigenvalue weighted by Crippen LogP contribution is -2.20. The minimum Gasteiger partial charge on any atom is -0.382 e. The van der Waals surface area contributed by atoms with Gasteiger partial charge in [-0.1, -0.05) is 19.1 Å². The van der Waals surface area contributed by atoms with Crippen molar-refractivity contribution in [2.24, 2.45) is 5.92 Å². The van der Waals surface area contributed by atoms with E-state index in [0.29, 0.717) is 12.5 Å². The summed E-state index contributed by atoms with van der Waals surface area (Å²) in [5.41, 5.74) is 2.22. The Kier molecular flexibility index (Phi) is 4.24. The van der Waals surface area contributed by atoms with Gasteiger partial charge in [0.2, 0.25) is 5.91 Å². The van der Waals surface area contributed by atoms with Crippen molar-refractivity contribution < 1.29 is 4.79 Å². The summed E-state index contributed by atoms with van der Waals surface area (Å²) in [4.78, 5) is 11.3. The number of carbonyl (C=O) groups is 1. The molecule has 0 aliphatic heterocycles. The molecular formula is C15H22N2O. The molecule has 0 radical (unpaired) electrons. The van der Waals surface area contributed by atoms with E-state index in [9.17, 15) is 4.79 Å². The lowest BCUT2D eigenvalue weighted by molar-refractivity contribution is -0.119. The Labute approximate surface area is 109 Å². The molecule has 18 heavy (non-hydrogen) atoms. The van der Waals surface area contributed by atoms with Crippen LogP contribution in [0.4, 0.5) is 5.69 Å². The Hall–Kier alpha value is -1.51. The van der Waals surface area contributed by atoms with Crippen LogP contribution in [0.15, 0.2) is 24.3 Å². The van der Waals surface area contributed by atoms with E-state index in [-0.39, 0.29) is 5.91 Å². The van der Waals surface area contributed by atoms with Crippen LogP contribution in [0.3, 0.4) is 0 Å². The predicted molar refractivity (Wildman–Crippen MR) is 74.6 cm³/mol. The van der Waals surface area contributed by atoms with Crippen LogP contribution in [0.2, 0.25) is 0 Å². The van der Waals surface area contributed by atoms with Gasteiger partial charge >= 0.3 is 0 Å². The SMILES string of the molecule is CNC(=O)Cc1ccc(NC2CCC(C)C2)cc1. The van der Waals surface area contributed by atoms with Crippen LogP contribution in [-0.4, -0.2) is 19.0 Å². The van der Waals surface area contributed by atoms with E-state index < -0.39 is 0 Å². The Balaban J connectivity index is 1.89. The molecule has 2 unspecified atom stereocenters. The molecule has 98 valence electrons. The second-order valence-electron chi connectivity index (χ2n) is 5.31. The van der Waals surface area contributed by atoms with Crippen LogP contribution in [0, 0.1) is 5.92 Å². The smallest absolute Gasteiger partial charge is 0.224 e. The maximum absolute atomic E-state index is 11.3. The summed E-state index contributed by atoms with van der Waals surface area (Å²) in [5.74, 6) is 0.898. The molecule has 2 rings (SSSR count). The summed E-state index contributed by atoms with van der Waals surface area (Å²) in [6.45, 7) is 2.31. The molecule has 0 spiro atoms. The fraction of sp³-hybridized carbons (Fsp3) is 0.533. The van der Waals surface area contributed by atoms with Gasteiger partial charge in [-0.05, 0) is 42.9 Å². The zero-order chi connectivity index (χ0) is 13.0. The van der Waals surface area contributed by atoms with Crippen molar-refractivity contribution >= 4 is 11.6 Å². The zero-order valence-electron chi connectivity index (χ0n) is 11.2. The number of hydrogen-bond donors (Lipinski definition) is 2. The average Bonchev–Trinajstić information content (AvgIpc) is 2.77. The van der Waals surface area contributed by atoms with Crippen molar-refractivity contribution in [3.05, 3.63) is 29.8 Å². The second kappa shape index (κ2) is 5.89. The molecule has 1 amide bonds. The normalized spacial score (nSPS) is 22.8. The Morgan fingerprint density at radius 1 is 1.28 bits per heavy atom. The largest absolute Gasteiger partial charge is 0.382 e. The number of rotatable bonds is 4. The first-order chi connectivity index (χ1) is 8.67. The van der Waals surface area contributed by atoms with E-state index in [1.165, 1.54) is 19.3 Å². The fourth-order valence-corrected chi connectivity index (χ4v) is 2.57. The van der Waals surface area contributed by atoms with Gasteiger partial charge in [0, 0.05) is 18.8 Å². The minimum atomic E-state index is 0.0559. The Morgan fingerprint density at radius 3 is 2.56 bits per heavy atom. The topological polar surface area (TPSA) is 41.1 Å². The number of amides is 1. The molecule has 1 fully saturated rings. The summed E-state index contributed by atoms with van der Waals surface area (Å²) in [6, 6.07) is 8.80. The number of anilines is 1. The third-order valence-corrected chi connectivity index (χ3v) is 3.66. The molecule has 1 aliphatic rings. The van der Waals surface area contributed by atoms with Gasteiger partial charge in [0.15, 0.2) is 0 Å². The lowest BCUT2D eigenvalue weighted by Gasteiger charge is -2.14. The molecule has 3 heteroatoms. The highest BCUT2D eigenvalue weighted by Crippen LogP contribution is 2.27. The number of carbonyl (C=O) groups excluding carboxylic acids is 1. The summed E-state index contributed by atoms with van der Waals surface area (Å²) in [7, 11) is 1.67. The van der Waals surface area contributed by atoms with E-state index in [0.717, 1.165) is 17.2 Å². The van der Waals surface area contributed by atoms with Crippen molar-refractivity contribution in [1.29, 1.82) is 0 Å². The fourth-order valence-electron chi connectivity index (χ4n) is 2.57. The van der Waals surface area contributed by atoms with Gasteiger partial charge in [-0.25, -0.2) is 0 Å². The number of benzene rings is 1. The van der Waals surface area contributed by atoms with E-state index >= 15 is 0 Å². The Morgan fingerprint density at radius 2 is 2.00 bits per heavy atom. The lowest BCUT2D eigenvalue weighted by atomic mass is 10.1. The molecule has 0 saturated heterocycles.